The van der Waals surface area contributed by atoms with Crippen LogP contribution in [0, 0.1) is 0 Å². The SMILES string of the molecule is Cn1nc(Cl)c(Br)c1CN. The number of halogens is 2. The molecule has 0 bridgehead atoms. The Bertz CT molecular complexity index is 245. The summed E-state index contributed by atoms with van der Waals surface area (Å²) in [4.78, 5) is 0. The van der Waals surface area contributed by atoms with E-state index in [1.165, 1.54) is 0 Å². The monoisotopic (exact) mass is 223 g/mol. The van der Waals surface area contributed by atoms with Crippen molar-refractivity contribution < 1.29 is 0 Å². The van der Waals surface area contributed by atoms with E-state index in [1.54, 1.807) is 11.7 Å². The van der Waals surface area contributed by atoms with E-state index in [2.05, 4.69) is 21.0 Å². The van der Waals surface area contributed by atoms with Crippen LogP contribution < -0.4 is 5.73 Å². The maximum atomic E-state index is 5.68. The highest BCUT2D eigenvalue weighted by molar-refractivity contribution is 9.10. The van der Waals surface area contributed by atoms with Crippen LogP contribution in [0.1, 0.15) is 5.69 Å². The zero-order valence-corrected chi connectivity index (χ0v) is 7.78. The molecule has 3 nitrogen and oxygen atoms in total. The average Bonchev–Trinajstić information content (AvgIpc) is 2.09. The molecule has 56 valence electrons. The van der Waals surface area contributed by atoms with E-state index < -0.39 is 0 Å². The molecule has 0 atom stereocenters. The van der Waals surface area contributed by atoms with E-state index in [0.29, 0.717) is 11.7 Å². The van der Waals surface area contributed by atoms with Gasteiger partial charge in [-0.05, 0) is 15.9 Å². The quantitative estimate of drug-likeness (QED) is 0.781. The summed E-state index contributed by atoms with van der Waals surface area (Å²) < 4.78 is 2.45. The zero-order chi connectivity index (χ0) is 7.72. The number of nitrogens with zero attached hydrogens (tertiary/aromatic N) is 2. The van der Waals surface area contributed by atoms with Crippen molar-refractivity contribution in [2.45, 2.75) is 6.54 Å². The van der Waals surface area contributed by atoms with E-state index in [0.717, 1.165) is 10.2 Å². The van der Waals surface area contributed by atoms with Crippen LogP contribution in [0.3, 0.4) is 0 Å². The third-order valence-corrected chi connectivity index (χ3v) is 2.58. The maximum absolute atomic E-state index is 5.68. The van der Waals surface area contributed by atoms with Gasteiger partial charge < -0.3 is 5.73 Å². The largest absolute Gasteiger partial charge is 0.325 e. The summed E-state index contributed by atoms with van der Waals surface area (Å²) in [5.41, 5.74) is 6.32. The molecule has 0 aliphatic heterocycles. The van der Waals surface area contributed by atoms with E-state index >= 15 is 0 Å². The third kappa shape index (κ3) is 1.19. The van der Waals surface area contributed by atoms with Crippen molar-refractivity contribution in [2.24, 2.45) is 12.8 Å². The number of aromatic nitrogens is 2. The summed E-state index contributed by atoms with van der Waals surface area (Å²) in [5, 5.41) is 4.40. The highest BCUT2D eigenvalue weighted by Crippen LogP contribution is 2.24. The molecule has 0 aliphatic rings. The van der Waals surface area contributed by atoms with Crippen LogP contribution in [-0.2, 0) is 13.6 Å². The number of hydrogen-bond donors (Lipinski definition) is 1. The first kappa shape index (κ1) is 8.04. The molecule has 5 heteroatoms. The lowest BCUT2D eigenvalue weighted by atomic mass is 10.4. The van der Waals surface area contributed by atoms with Gasteiger partial charge in [-0.1, -0.05) is 11.6 Å². The molecule has 1 aromatic heterocycles. The van der Waals surface area contributed by atoms with E-state index in [1.807, 2.05) is 0 Å². The molecule has 10 heavy (non-hydrogen) atoms. The summed E-state index contributed by atoms with van der Waals surface area (Å²) in [5.74, 6) is 0. The Labute approximate surface area is 72.3 Å². The fourth-order valence-corrected chi connectivity index (χ4v) is 1.44. The van der Waals surface area contributed by atoms with Crippen molar-refractivity contribution in [1.29, 1.82) is 0 Å². The Morgan fingerprint density at radius 3 is 2.60 bits per heavy atom. The topological polar surface area (TPSA) is 43.8 Å². The van der Waals surface area contributed by atoms with Crippen LogP contribution in [-0.4, -0.2) is 9.78 Å². The van der Waals surface area contributed by atoms with Gasteiger partial charge in [0.1, 0.15) is 0 Å². The van der Waals surface area contributed by atoms with Crippen molar-refractivity contribution in [3.05, 3.63) is 15.3 Å². The fraction of sp³-hybridized carbons (Fsp3) is 0.400. The third-order valence-electron chi connectivity index (χ3n) is 1.26. The molecule has 0 saturated carbocycles. The molecule has 0 amide bonds. The van der Waals surface area contributed by atoms with Crippen LogP contribution >= 0.6 is 27.5 Å². The predicted molar refractivity (Wildman–Crippen MR) is 43.8 cm³/mol. The summed E-state index contributed by atoms with van der Waals surface area (Å²) in [6, 6.07) is 0. The average molecular weight is 224 g/mol. The highest BCUT2D eigenvalue weighted by Gasteiger charge is 2.08. The standard InChI is InChI=1S/C5H7BrClN3/c1-10-3(2-8)4(6)5(7)9-10/h2,8H2,1H3. The minimum atomic E-state index is 0.441. The molecule has 0 aliphatic carbocycles. The zero-order valence-electron chi connectivity index (χ0n) is 5.43. The van der Waals surface area contributed by atoms with Crippen LogP contribution in [0.25, 0.3) is 0 Å². The van der Waals surface area contributed by atoms with E-state index in [9.17, 15) is 0 Å². The van der Waals surface area contributed by atoms with Gasteiger partial charge in [-0.25, -0.2) is 0 Å². The first-order valence-electron chi connectivity index (χ1n) is 2.73. The normalized spacial score (nSPS) is 10.4. The minimum absolute atomic E-state index is 0.441. The summed E-state index contributed by atoms with van der Waals surface area (Å²) in [6.45, 7) is 0.441. The lowest BCUT2D eigenvalue weighted by Gasteiger charge is -1.95. The van der Waals surface area contributed by atoms with Gasteiger partial charge in [0.05, 0.1) is 10.2 Å². The Morgan fingerprint density at radius 2 is 2.40 bits per heavy atom. The van der Waals surface area contributed by atoms with Crippen molar-refractivity contribution >= 4 is 27.5 Å². The van der Waals surface area contributed by atoms with Gasteiger partial charge in [0.15, 0.2) is 5.15 Å². The van der Waals surface area contributed by atoms with Crippen molar-refractivity contribution in [3.63, 3.8) is 0 Å². The second kappa shape index (κ2) is 2.90. The molecule has 1 heterocycles. The Balaban J connectivity index is 3.20. The van der Waals surface area contributed by atoms with Gasteiger partial charge in [-0.3, -0.25) is 4.68 Å². The van der Waals surface area contributed by atoms with E-state index in [-0.39, 0.29) is 0 Å². The second-order valence-corrected chi connectivity index (χ2v) is 3.03. The second-order valence-electron chi connectivity index (χ2n) is 1.88. The highest BCUT2D eigenvalue weighted by atomic mass is 79.9. The fourth-order valence-electron chi connectivity index (χ4n) is 0.719. The first-order valence-corrected chi connectivity index (χ1v) is 3.91. The molecule has 0 radical (unpaired) electrons. The molecule has 1 aromatic rings. The van der Waals surface area contributed by atoms with Crippen LogP contribution in [0.5, 0.6) is 0 Å². The van der Waals surface area contributed by atoms with Crippen LogP contribution in [0.4, 0.5) is 0 Å². The smallest absolute Gasteiger partial charge is 0.165 e. The van der Waals surface area contributed by atoms with Gasteiger partial charge in [0.25, 0.3) is 0 Å². The lowest BCUT2D eigenvalue weighted by molar-refractivity contribution is 0.711. The number of rotatable bonds is 1. The molecule has 1 rings (SSSR count). The molecule has 0 spiro atoms. The van der Waals surface area contributed by atoms with Crippen molar-refractivity contribution in [1.82, 2.24) is 9.78 Å². The van der Waals surface area contributed by atoms with Gasteiger partial charge in [0.2, 0.25) is 0 Å². The number of aryl methyl sites for hydroxylation is 1. The molecular weight excluding hydrogens is 217 g/mol. The van der Waals surface area contributed by atoms with Crippen molar-refractivity contribution in [2.75, 3.05) is 0 Å². The molecule has 0 fully saturated rings. The summed E-state index contributed by atoms with van der Waals surface area (Å²) in [6.07, 6.45) is 0. The van der Waals surface area contributed by atoms with Crippen LogP contribution in [0.2, 0.25) is 5.15 Å². The number of nitrogens with two attached hydrogens (primary N) is 1. The first-order chi connectivity index (χ1) is 4.66. The molecule has 0 saturated heterocycles. The predicted octanol–water partition coefficient (Wildman–Crippen LogP) is 1.29. The van der Waals surface area contributed by atoms with Gasteiger partial charge >= 0.3 is 0 Å². The molecule has 2 N–H and O–H groups in total. The van der Waals surface area contributed by atoms with E-state index in [4.69, 9.17) is 17.3 Å². The Morgan fingerprint density at radius 1 is 1.80 bits per heavy atom. The van der Waals surface area contributed by atoms with Crippen molar-refractivity contribution in [3.8, 4) is 0 Å². The number of hydrogen-bond acceptors (Lipinski definition) is 2. The van der Waals surface area contributed by atoms with Crippen LogP contribution in [0.15, 0.2) is 4.47 Å². The lowest BCUT2D eigenvalue weighted by Crippen LogP contribution is -2.04. The van der Waals surface area contributed by atoms with Gasteiger partial charge in [0, 0.05) is 13.6 Å². The van der Waals surface area contributed by atoms with Gasteiger partial charge in [-0.15, -0.1) is 0 Å². The summed E-state index contributed by atoms with van der Waals surface area (Å²) in [7, 11) is 1.80. The summed E-state index contributed by atoms with van der Waals surface area (Å²) >= 11 is 8.94. The van der Waals surface area contributed by atoms with Gasteiger partial charge in [-0.2, -0.15) is 5.10 Å². The molecular formula is C5H7BrClN3. The maximum Gasteiger partial charge on any atom is 0.165 e. The molecule has 0 aromatic carbocycles. The Kier molecular flexibility index (Phi) is 2.33. The minimum Gasteiger partial charge on any atom is -0.325 e. The molecule has 0 unspecified atom stereocenters. The Hall–Kier alpha value is -0.0600.